The summed E-state index contributed by atoms with van der Waals surface area (Å²) in [4.78, 5) is 29.4. The lowest BCUT2D eigenvalue weighted by Crippen LogP contribution is -2.53. The third-order valence-electron chi connectivity index (χ3n) is 11.2. The number of carbonyl (C=O) groups is 2. The van der Waals surface area contributed by atoms with Gasteiger partial charge in [-0.2, -0.15) is 0 Å². The third kappa shape index (κ3) is 8.48. The van der Waals surface area contributed by atoms with Gasteiger partial charge in [0.15, 0.2) is 5.78 Å². The van der Waals surface area contributed by atoms with Gasteiger partial charge in [-0.1, -0.05) is 48.4 Å². The van der Waals surface area contributed by atoms with Gasteiger partial charge in [0.2, 0.25) is 0 Å². The van der Waals surface area contributed by atoms with Crippen LogP contribution in [0.25, 0.3) is 0 Å². The van der Waals surface area contributed by atoms with Gasteiger partial charge in [0.1, 0.15) is 17.3 Å². The molecule has 0 radical (unpaired) electrons. The Kier molecular flexibility index (Phi) is 12.7. The first-order valence-corrected chi connectivity index (χ1v) is 18.5. The summed E-state index contributed by atoms with van der Waals surface area (Å²) >= 11 is 6.37. The maximum Gasteiger partial charge on any atom is 0.410 e. The van der Waals surface area contributed by atoms with E-state index < -0.39 is 29.0 Å². The van der Waals surface area contributed by atoms with Crippen molar-refractivity contribution in [1.82, 2.24) is 4.90 Å². The maximum absolute atomic E-state index is 14.9. The number of aliphatic hydroxyl groups is 2. The molecule has 2 bridgehead atoms. The van der Waals surface area contributed by atoms with E-state index in [9.17, 15) is 24.2 Å². The number of allylic oxidation sites excluding steroid dienone is 2. The molecular formula is C42H51ClFNO7. The molecule has 8 nitrogen and oxygen atoms in total. The van der Waals surface area contributed by atoms with Crippen LogP contribution in [0.3, 0.4) is 0 Å². The summed E-state index contributed by atoms with van der Waals surface area (Å²) in [6.07, 6.45) is 4.52. The molecule has 1 fully saturated rings. The number of methoxy groups -OCH3 is 2. The predicted octanol–water partition coefficient (Wildman–Crippen LogP) is 8.62. The predicted molar refractivity (Wildman–Crippen MR) is 200 cm³/mol. The summed E-state index contributed by atoms with van der Waals surface area (Å²) in [5.41, 5.74) is 1.80. The first-order valence-electron chi connectivity index (χ1n) is 18.1. The molecule has 0 saturated heterocycles. The van der Waals surface area contributed by atoms with Gasteiger partial charge in [-0.15, -0.1) is 0 Å². The highest BCUT2D eigenvalue weighted by molar-refractivity contribution is 6.31. The fourth-order valence-electron chi connectivity index (χ4n) is 8.10. The Balaban J connectivity index is 1.59. The summed E-state index contributed by atoms with van der Waals surface area (Å²) in [7, 11) is 3.12. The quantitative estimate of drug-likeness (QED) is 0.159. The van der Waals surface area contributed by atoms with Gasteiger partial charge in [-0.25, -0.2) is 9.18 Å². The molecule has 6 rings (SSSR count). The van der Waals surface area contributed by atoms with Crippen molar-refractivity contribution in [2.24, 2.45) is 5.41 Å². The highest BCUT2D eigenvalue weighted by atomic mass is 35.5. The Morgan fingerprint density at radius 2 is 1.85 bits per heavy atom. The smallest absolute Gasteiger partial charge is 0.410 e. The van der Waals surface area contributed by atoms with Gasteiger partial charge < -0.3 is 29.3 Å². The fraction of sp³-hybridized carbons (Fsp3) is 0.476. The SMILES string of the molecule is CCOC(=O)N(Cc1ccc(OC)cc1OC)C[C@]1(O)CC[C@H]2c3ccc(cc3C(=O)Cc3c(F)cccc3Cl)C[C@@H](O)CCC(C)=CCC[C@@]21C. The molecule has 3 aliphatic rings. The number of ether oxygens (including phenoxy) is 3. The van der Waals surface area contributed by atoms with Crippen LogP contribution in [0.1, 0.15) is 97.8 Å². The van der Waals surface area contributed by atoms with Crippen LogP contribution in [-0.4, -0.2) is 66.1 Å². The molecule has 3 aromatic rings. The summed E-state index contributed by atoms with van der Waals surface area (Å²) in [5, 5.41) is 24.0. The molecule has 3 aromatic carbocycles. The zero-order valence-corrected chi connectivity index (χ0v) is 31.6. The summed E-state index contributed by atoms with van der Waals surface area (Å²) < 4.78 is 31.5. The van der Waals surface area contributed by atoms with Crippen LogP contribution in [0, 0.1) is 11.2 Å². The molecule has 0 aromatic heterocycles. The number of nitrogens with zero attached hydrogens (tertiary/aromatic N) is 1. The minimum absolute atomic E-state index is 0.0187. The molecule has 280 valence electrons. The molecule has 2 N–H and O–H groups in total. The number of halogens is 2. The van der Waals surface area contributed by atoms with Crippen LogP contribution >= 0.6 is 11.6 Å². The number of aliphatic hydroxyl groups excluding tert-OH is 1. The third-order valence-corrected chi connectivity index (χ3v) is 11.6. The lowest BCUT2D eigenvalue weighted by Gasteiger charge is -2.46. The Labute approximate surface area is 311 Å². The Bertz CT molecular complexity index is 1780. The molecule has 10 heteroatoms. The van der Waals surface area contributed by atoms with Crippen molar-refractivity contribution in [2.45, 2.75) is 96.3 Å². The first kappa shape index (κ1) is 39.3. The maximum atomic E-state index is 14.9. The molecule has 0 heterocycles. The first-order chi connectivity index (χ1) is 24.8. The minimum atomic E-state index is -1.38. The van der Waals surface area contributed by atoms with E-state index in [1.54, 1.807) is 39.3 Å². The van der Waals surface area contributed by atoms with E-state index in [0.29, 0.717) is 62.0 Å². The highest BCUT2D eigenvalue weighted by Gasteiger charge is 2.57. The normalized spacial score (nSPS) is 23.3. The largest absolute Gasteiger partial charge is 0.497 e. The van der Waals surface area contributed by atoms with Crippen LogP contribution in [-0.2, 0) is 24.1 Å². The number of hydrogen-bond donors (Lipinski definition) is 2. The van der Waals surface area contributed by atoms with E-state index in [-0.39, 0.29) is 48.4 Å². The average molecular weight is 736 g/mol. The molecule has 1 saturated carbocycles. The lowest BCUT2D eigenvalue weighted by atomic mass is 9.64. The van der Waals surface area contributed by atoms with Crippen molar-refractivity contribution in [3.05, 3.63) is 105 Å². The van der Waals surface area contributed by atoms with Gasteiger partial charge in [0, 0.05) is 39.6 Å². The van der Waals surface area contributed by atoms with Crippen molar-refractivity contribution >= 4 is 23.5 Å². The number of fused-ring (bicyclic) bond motifs is 8. The zero-order chi connectivity index (χ0) is 37.6. The second-order valence-electron chi connectivity index (χ2n) is 14.5. The number of hydrogen-bond acceptors (Lipinski definition) is 7. The molecule has 0 unspecified atom stereocenters. The van der Waals surface area contributed by atoms with E-state index in [2.05, 4.69) is 19.9 Å². The second kappa shape index (κ2) is 16.8. The van der Waals surface area contributed by atoms with E-state index in [0.717, 1.165) is 22.3 Å². The minimum Gasteiger partial charge on any atom is -0.497 e. The number of ketones is 1. The van der Waals surface area contributed by atoms with Crippen LogP contribution in [0.2, 0.25) is 5.02 Å². The second-order valence-corrected chi connectivity index (χ2v) is 14.9. The van der Waals surface area contributed by atoms with Crippen LogP contribution in [0.4, 0.5) is 9.18 Å². The monoisotopic (exact) mass is 735 g/mol. The fourth-order valence-corrected chi connectivity index (χ4v) is 8.33. The number of Topliss-reactive ketones (excluding diaryl/α,β-unsaturated/α-hetero) is 1. The van der Waals surface area contributed by atoms with E-state index in [1.165, 1.54) is 17.0 Å². The highest BCUT2D eigenvalue weighted by Crippen LogP contribution is 2.59. The topological polar surface area (TPSA) is 106 Å². The molecule has 3 aliphatic carbocycles. The van der Waals surface area contributed by atoms with Gasteiger partial charge >= 0.3 is 6.09 Å². The van der Waals surface area contributed by atoms with Crippen molar-refractivity contribution in [3.8, 4) is 11.5 Å². The summed E-state index contributed by atoms with van der Waals surface area (Å²) in [5.74, 6) is 0.0182. The molecule has 0 aliphatic heterocycles. The lowest BCUT2D eigenvalue weighted by molar-refractivity contribution is -0.0821. The van der Waals surface area contributed by atoms with Gasteiger partial charge in [0.05, 0.1) is 45.6 Å². The van der Waals surface area contributed by atoms with Crippen molar-refractivity contribution in [2.75, 3.05) is 27.4 Å². The van der Waals surface area contributed by atoms with Crippen molar-refractivity contribution < 1.29 is 38.4 Å². The van der Waals surface area contributed by atoms with Crippen molar-refractivity contribution in [1.29, 1.82) is 0 Å². The van der Waals surface area contributed by atoms with Crippen molar-refractivity contribution in [3.63, 3.8) is 0 Å². The van der Waals surface area contributed by atoms with E-state index in [1.807, 2.05) is 24.3 Å². The average Bonchev–Trinajstić information content (AvgIpc) is 3.37. The molecule has 0 spiro atoms. The van der Waals surface area contributed by atoms with E-state index >= 15 is 0 Å². The van der Waals surface area contributed by atoms with Gasteiger partial charge in [-0.3, -0.25) is 4.79 Å². The van der Waals surface area contributed by atoms with Crippen LogP contribution < -0.4 is 9.47 Å². The Morgan fingerprint density at radius 3 is 2.56 bits per heavy atom. The Morgan fingerprint density at radius 1 is 1.06 bits per heavy atom. The number of amides is 1. The number of carbonyl (C=O) groups excluding carboxylic acids is 2. The van der Waals surface area contributed by atoms with Crippen LogP contribution in [0.5, 0.6) is 11.5 Å². The standard InChI is InChI=1S/C42H51ClFNO7/c1-6-52-40(48)45(25-29-14-16-31(50-4)23-39(29)51-5)26-42(49)20-18-35-32-17-13-28(21-30(46)15-12-27(2)9-8-19-41(35,42)3)22-33(32)38(47)24-34-36(43)10-7-11-37(34)44/h7,9-11,13-14,16-17,22-23,30,35,46,49H,6,8,12,15,18-21,24-26H2,1-5H3/t30-,35-,41-,42+/m0/s1. The summed E-state index contributed by atoms with van der Waals surface area (Å²) in [6.45, 7) is 6.12. The molecular weight excluding hydrogens is 685 g/mol. The summed E-state index contributed by atoms with van der Waals surface area (Å²) in [6, 6.07) is 15.5. The molecule has 4 atom stereocenters. The zero-order valence-electron chi connectivity index (χ0n) is 30.8. The van der Waals surface area contributed by atoms with Gasteiger partial charge in [-0.05, 0) is 106 Å². The number of benzene rings is 3. The van der Waals surface area contributed by atoms with Crippen LogP contribution in [0.15, 0.2) is 66.2 Å². The number of rotatable bonds is 10. The molecule has 52 heavy (non-hydrogen) atoms. The Hall–Kier alpha value is -3.92. The molecule has 1 amide bonds. The van der Waals surface area contributed by atoms with Gasteiger partial charge in [0.25, 0.3) is 0 Å². The van der Waals surface area contributed by atoms with E-state index in [4.69, 9.17) is 25.8 Å².